The monoisotopic (exact) mass is 331 g/mol. The van der Waals surface area contributed by atoms with Crippen LogP contribution in [0, 0.1) is 0 Å². The molecule has 1 aromatic rings. The van der Waals surface area contributed by atoms with Crippen LogP contribution in [0.4, 0.5) is 0 Å². The maximum absolute atomic E-state index is 12.6. The fraction of sp³-hybridized carbons (Fsp3) is 0.500. The third-order valence-electron chi connectivity index (χ3n) is 3.35. The second kappa shape index (κ2) is 6.23. The van der Waals surface area contributed by atoms with Crippen LogP contribution in [0.25, 0.3) is 0 Å². The van der Waals surface area contributed by atoms with Crippen molar-refractivity contribution in [1.82, 2.24) is 4.90 Å². The van der Waals surface area contributed by atoms with Crippen LogP contribution in [-0.4, -0.2) is 38.4 Å². The van der Waals surface area contributed by atoms with Crippen LogP contribution in [-0.2, 0) is 9.05 Å². The molecule has 1 saturated carbocycles. The molecular weight excluding hydrogens is 314 g/mol. The summed E-state index contributed by atoms with van der Waals surface area (Å²) in [5.74, 6) is 0.163. The van der Waals surface area contributed by atoms with E-state index in [4.69, 9.17) is 15.4 Å². The highest BCUT2D eigenvalue weighted by molar-refractivity contribution is 8.13. The van der Waals surface area contributed by atoms with Crippen LogP contribution in [0.15, 0.2) is 23.1 Å². The summed E-state index contributed by atoms with van der Waals surface area (Å²) in [6, 6.07) is 4.36. The van der Waals surface area contributed by atoms with Crippen molar-refractivity contribution in [2.24, 2.45) is 0 Å². The van der Waals surface area contributed by atoms with Gasteiger partial charge in [-0.05, 0) is 44.9 Å². The highest BCUT2D eigenvalue weighted by Gasteiger charge is 2.33. The zero-order valence-corrected chi connectivity index (χ0v) is 13.6. The number of rotatable bonds is 6. The van der Waals surface area contributed by atoms with Gasteiger partial charge in [-0.25, -0.2) is 8.42 Å². The summed E-state index contributed by atoms with van der Waals surface area (Å²) in [4.78, 5) is 14.3. The SMILES string of the molecule is CCOc1ccc(S(=O)(=O)Cl)cc1C(=O)N(CC)C1CC1. The Hall–Kier alpha value is -1.27. The smallest absolute Gasteiger partial charge is 0.261 e. The first-order valence-electron chi connectivity index (χ1n) is 6.91. The van der Waals surface area contributed by atoms with Crippen molar-refractivity contribution < 1.29 is 17.9 Å². The molecule has 0 atom stereocenters. The van der Waals surface area contributed by atoms with E-state index in [9.17, 15) is 13.2 Å². The Labute approximate surface area is 129 Å². The lowest BCUT2D eigenvalue weighted by Crippen LogP contribution is -2.33. The van der Waals surface area contributed by atoms with Gasteiger partial charge >= 0.3 is 0 Å². The van der Waals surface area contributed by atoms with Crippen LogP contribution in [0.5, 0.6) is 5.75 Å². The Morgan fingerprint density at radius 3 is 2.52 bits per heavy atom. The largest absolute Gasteiger partial charge is 0.493 e. The van der Waals surface area contributed by atoms with Crippen LogP contribution in [0.1, 0.15) is 37.0 Å². The normalized spacial score (nSPS) is 14.8. The molecule has 0 spiro atoms. The summed E-state index contributed by atoms with van der Waals surface area (Å²) in [6.45, 7) is 4.67. The number of ether oxygens (including phenoxy) is 1. The van der Waals surface area contributed by atoms with Gasteiger partial charge in [0.2, 0.25) is 0 Å². The van der Waals surface area contributed by atoms with Crippen molar-refractivity contribution in [3.63, 3.8) is 0 Å². The number of carbonyl (C=O) groups excluding carboxylic acids is 1. The first-order valence-corrected chi connectivity index (χ1v) is 9.21. The summed E-state index contributed by atoms with van der Waals surface area (Å²) in [7, 11) is 1.48. The average molecular weight is 332 g/mol. The lowest BCUT2D eigenvalue weighted by atomic mass is 10.1. The highest BCUT2D eigenvalue weighted by atomic mass is 35.7. The lowest BCUT2D eigenvalue weighted by molar-refractivity contribution is 0.0748. The van der Waals surface area contributed by atoms with Crippen molar-refractivity contribution >= 4 is 25.6 Å². The van der Waals surface area contributed by atoms with Gasteiger partial charge in [-0.3, -0.25) is 4.79 Å². The maximum Gasteiger partial charge on any atom is 0.261 e. The minimum Gasteiger partial charge on any atom is -0.493 e. The molecule has 1 amide bonds. The fourth-order valence-corrected chi connectivity index (χ4v) is 2.99. The van der Waals surface area contributed by atoms with Gasteiger partial charge in [-0.1, -0.05) is 0 Å². The molecule has 1 aliphatic rings. The van der Waals surface area contributed by atoms with Gasteiger partial charge in [-0.2, -0.15) is 0 Å². The number of benzene rings is 1. The highest BCUT2D eigenvalue weighted by Crippen LogP contribution is 2.31. The van der Waals surface area contributed by atoms with E-state index < -0.39 is 9.05 Å². The van der Waals surface area contributed by atoms with E-state index in [0.717, 1.165) is 12.8 Å². The molecule has 2 rings (SSSR count). The van der Waals surface area contributed by atoms with Gasteiger partial charge < -0.3 is 9.64 Å². The van der Waals surface area contributed by atoms with E-state index in [1.165, 1.54) is 18.2 Å². The first kappa shape index (κ1) is 16.1. The van der Waals surface area contributed by atoms with Gasteiger partial charge in [-0.15, -0.1) is 0 Å². The standard InChI is InChI=1S/C14H18ClNO4S/c1-3-16(10-5-6-10)14(17)12-9-11(21(15,18)19)7-8-13(12)20-4-2/h7-10H,3-6H2,1-2H3. The summed E-state index contributed by atoms with van der Waals surface area (Å²) in [5.41, 5.74) is 0.243. The molecule has 116 valence electrons. The zero-order chi connectivity index (χ0) is 15.6. The van der Waals surface area contributed by atoms with E-state index in [1.807, 2.05) is 6.92 Å². The van der Waals surface area contributed by atoms with Crippen molar-refractivity contribution in [3.8, 4) is 5.75 Å². The van der Waals surface area contributed by atoms with Crippen molar-refractivity contribution in [2.75, 3.05) is 13.2 Å². The average Bonchev–Trinajstić information content (AvgIpc) is 3.23. The predicted molar refractivity (Wildman–Crippen MR) is 80.4 cm³/mol. The summed E-state index contributed by atoms with van der Waals surface area (Å²) >= 11 is 0. The molecule has 0 aromatic heterocycles. The molecule has 1 aromatic carbocycles. The Balaban J connectivity index is 2.44. The quantitative estimate of drug-likeness (QED) is 0.752. The van der Waals surface area contributed by atoms with Gasteiger partial charge in [0.1, 0.15) is 5.75 Å². The number of carbonyl (C=O) groups is 1. The Bertz CT molecular complexity index is 640. The molecule has 0 saturated heterocycles. The lowest BCUT2D eigenvalue weighted by Gasteiger charge is -2.22. The molecule has 0 bridgehead atoms. The Kier molecular flexibility index (Phi) is 4.78. The molecule has 1 fully saturated rings. The van der Waals surface area contributed by atoms with Gasteiger partial charge in [0.25, 0.3) is 15.0 Å². The zero-order valence-electron chi connectivity index (χ0n) is 12.0. The molecule has 0 aliphatic heterocycles. The number of nitrogens with zero attached hydrogens (tertiary/aromatic N) is 1. The molecule has 1 aliphatic carbocycles. The molecule has 0 N–H and O–H groups in total. The summed E-state index contributed by atoms with van der Waals surface area (Å²) < 4.78 is 28.4. The first-order chi connectivity index (χ1) is 9.88. The van der Waals surface area contributed by atoms with Crippen molar-refractivity contribution in [3.05, 3.63) is 23.8 Å². The predicted octanol–water partition coefficient (Wildman–Crippen LogP) is 2.64. The van der Waals surface area contributed by atoms with E-state index in [-0.39, 0.29) is 22.4 Å². The van der Waals surface area contributed by atoms with E-state index in [1.54, 1.807) is 11.8 Å². The summed E-state index contributed by atoms with van der Waals surface area (Å²) in [5, 5.41) is 0. The van der Waals surface area contributed by atoms with Crippen LogP contribution in [0.3, 0.4) is 0 Å². The van der Waals surface area contributed by atoms with E-state index in [2.05, 4.69) is 0 Å². The molecule has 0 heterocycles. The van der Waals surface area contributed by atoms with Gasteiger partial charge in [0, 0.05) is 23.3 Å². The molecule has 5 nitrogen and oxygen atoms in total. The van der Waals surface area contributed by atoms with Crippen LogP contribution < -0.4 is 4.74 Å². The van der Waals surface area contributed by atoms with Crippen LogP contribution in [0.2, 0.25) is 0 Å². The van der Waals surface area contributed by atoms with Crippen molar-refractivity contribution in [2.45, 2.75) is 37.6 Å². The Morgan fingerprint density at radius 1 is 1.38 bits per heavy atom. The third-order valence-corrected chi connectivity index (χ3v) is 4.70. The summed E-state index contributed by atoms with van der Waals surface area (Å²) in [6.07, 6.45) is 1.97. The Morgan fingerprint density at radius 2 is 2.05 bits per heavy atom. The molecular formula is C14H18ClNO4S. The second-order valence-electron chi connectivity index (χ2n) is 4.85. The van der Waals surface area contributed by atoms with Crippen LogP contribution >= 0.6 is 10.7 Å². The fourth-order valence-electron chi connectivity index (χ4n) is 2.22. The molecule has 0 radical (unpaired) electrons. The number of amides is 1. The molecule has 21 heavy (non-hydrogen) atoms. The topological polar surface area (TPSA) is 63.7 Å². The minimum absolute atomic E-state index is 0.0946. The number of halogens is 1. The van der Waals surface area contributed by atoms with E-state index in [0.29, 0.717) is 18.9 Å². The van der Waals surface area contributed by atoms with E-state index >= 15 is 0 Å². The van der Waals surface area contributed by atoms with Gasteiger partial charge in [0.05, 0.1) is 17.1 Å². The third kappa shape index (κ3) is 3.68. The van der Waals surface area contributed by atoms with Crippen molar-refractivity contribution in [1.29, 1.82) is 0 Å². The molecule has 0 unspecified atom stereocenters. The second-order valence-corrected chi connectivity index (χ2v) is 7.42. The minimum atomic E-state index is -3.88. The maximum atomic E-state index is 12.6. The van der Waals surface area contributed by atoms with Gasteiger partial charge in [0.15, 0.2) is 0 Å². The molecule has 7 heteroatoms. The number of hydrogen-bond acceptors (Lipinski definition) is 4. The number of hydrogen-bond donors (Lipinski definition) is 0.